The van der Waals surface area contributed by atoms with Crippen molar-refractivity contribution >= 4 is 11.8 Å². The summed E-state index contributed by atoms with van der Waals surface area (Å²) in [5.41, 5.74) is 3.29. The lowest BCUT2D eigenvalue weighted by atomic mass is 9.71. The average Bonchev–Trinajstić information content (AvgIpc) is 2.72. The third kappa shape index (κ3) is 3.60. The molecule has 1 aliphatic heterocycles. The first-order valence-electron chi connectivity index (χ1n) is 10.7. The van der Waals surface area contributed by atoms with E-state index in [1.54, 1.807) is 25.1 Å². The second-order valence-electron chi connectivity index (χ2n) is 8.59. The molecule has 1 saturated carbocycles. The molecule has 4 rings (SSSR count). The molecule has 2 aliphatic rings. The Morgan fingerprint density at radius 1 is 1.16 bits per heavy atom. The molecule has 1 heterocycles. The number of rotatable bonds is 5. The summed E-state index contributed by atoms with van der Waals surface area (Å²) in [6.07, 6.45) is 2.76. The third-order valence-electron chi connectivity index (χ3n) is 6.59. The van der Waals surface area contributed by atoms with Gasteiger partial charge in [-0.25, -0.2) is 0 Å². The molecule has 6 heteroatoms. The topological polar surface area (TPSA) is 84.6 Å². The van der Waals surface area contributed by atoms with E-state index in [9.17, 15) is 20.0 Å². The van der Waals surface area contributed by atoms with Crippen LogP contribution in [0.3, 0.4) is 0 Å². The number of hydrogen-bond acceptors (Lipinski definition) is 4. The molecule has 2 amide bonds. The highest BCUT2D eigenvalue weighted by molar-refractivity contribution is 5.95. The van der Waals surface area contributed by atoms with Gasteiger partial charge in [-0.2, -0.15) is 5.26 Å². The number of likely N-dealkylation sites (tertiary alicyclic amines) is 1. The summed E-state index contributed by atoms with van der Waals surface area (Å²) in [4.78, 5) is 28.4. The molecular weight excluding hydrogens is 390 g/mol. The van der Waals surface area contributed by atoms with Crippen molar-refractivity contribution < 1.29 is 14.7 Å². The van der Waals surface area contributed by atoms with Gasteiger partial charge in [0.15, 0.2) is 0 Å². The van der Waals surface area contributed by atoms with Gasteiger partial charge in [0, 0.05) is 31.5 Å². The summed E-state index contributed by atoms with van der Waals surface area (Å²) in [6, 6.07) is 16.5. The second-order valence-corrected chi connectivity index (χ2v) is 8.59. The van der Waals surface area contributed by atoms with E-state index in [0.29, 0.717) is 5.56 Å². The van der Waals surface area contributed by atoms with Gasteiger partial charge in [0.25, 0.3) is 5.91 Å². The molecule has 3 atom stereocenters. The predicted molar refractivity (Wildman–Crippen MR) is 117 cm³/mol. The van der Waals surface area contributed by atoms with Crippen molar-refractivity contribution in [2.75, 3.05) is 20.7 Å². The van der Waals surface area contributed by atoms with Crippen LogP contribution in [0.4, 0.5) is 0 Å². The predicted octanol–water partition coefficient (Wildman–Crippen LogP) is 3.03. The Balaban J connectivity index is 1.70. The quantitative estimate of drug-likeness (QED) is 0.810. The molecule has 0 bridgehead atoms. The minimum atomic E-state index is -0.599. The Bertz CT molecular complexity index is 1040. The molecule has 2 fully saturated rings. The first-order valence-corrected chi connectivity index (χ1v) is 10.7. The Kier molecular flexibility index (Phi) is 5.79. The highest BCUT2D eigenvalue weighted by Gasteiger charge is 2.53. The number of benzene rings is 2. The molecule has 6 nitrogen and oxygen atoms in total. The van der Waals surface area contributed by atoms with Gasteiger partial charge in [-0.1, -0.05) is 42.8 Å². The SMILES string of the molecule is CN(C)C(=O)c1cccc(-c2ccccc2[C@H]2[C@@H](C#N)N(C(=O)C3CCC3)[C@H]2CO)c1. The maximum atomic E-state index is 12.9. The van der Waals surface area contributed by atoms with Crippen LogP contribution >= 0.6 is 0 Å². The highest BCUT2D eigenvalue weighted by Crippen LogP contribution is 2.46. The van der Waals surface area contributed by atoms with Crippen LogP contribution in [0, 0.1) is 17.2 Å². The molecule has 2 aromatic carbocycles. The molecule has 0 radical (unpaired) electrons. The standard InChI is InChI=1S/C25H27N3O3/c1-27(2)24(30)18-10-6-9-17(13-18)19-11-3-4-12-20(19)23-21(14-26)28(22(23)15-29)25(31)16-7-5-8-16/h3-4,6,9-13,16,21-23,29H,5,7-8,15H2,1-2H3/t21-,22+,23+/m1/s1. The lowest BCUT2D eigenvalue weighted by Crippen LogP contribution is -2.66. The Labute approximate surface area is 182 Å². The van der Waals surface area contributed by atoms with E-state index in [1.165, 1.54) is 4.90 Å². The van der Waals surface area contributed by atoms with Crippen LogP contribution in [0.2, 0.25) is 0 Å². The van der Waals surface area contributed by atoms with Crippen molar-refractivity contribution in [3.63, 3.8) is 0 Å². The number of nitrogens with zero attached hydrogens (tertiary/aromatic N) is 3. The van der Waals surface area contributed by atoms with Crippen molar-refractivity contribution in [3.05, 3.63) is 59.7 Å². The van der Waals surface area contributed by atoms with E-state index in [2.05, 4.69) is 6.07 Å². The zero-order valence-electron chi connectivity index (χ0n) is 17.9. The summed E-state index contributed by atoms with van der Waals surface area (Å²) >= 11 is 0. The van der Waals surface area contributed by atoms with E-state index in [4.69, 9.17) is 0 Å². The maximum absolute atomic E-state index is 12.9. The van der Waals surface area contributed by atoms with E-state index in [-0.39, 0.29) is 30.3 Å². The normalized spacial score (nSPS) is 22.8. The summed E-state index contributed by atoms with van der Waals surface area (Å²) in [5, 5.41) is 20.0. The summed E-state index contributed by atoms with van der Waals surface area (Å²) in [7, 11) is 3.43. The van der Waals surface area contributed by atoms with Crippen LogP contribution in [-0.2, 0) is 4.79 Å². The van der Waals surface area contributed by atoms with Crippen molar-refractivity contribution in [1.29, 1.82) is 5.26 Å². The van der Waals surface area contributed by atoms with E-state index in [1.807, 2.05) is 42.5 Å². The van der Waals surface area contributed by atoms with Gasteiger partial charge in [0.1, 0.15) is 6.04 Å². The van der Waals surface area contributed by atoms with E-state index in [0.717, 1.165) is 36.0 Å². The molecule has 1 aliphatic carbocycles. The number of hydrogen-bond donors (Lipinski definition) is 1. The van der Waals surface area contributed by atoms with Crippen molar-refractivity contribution in [2.24, 2.45) is 5.92 Å². The van der Waals surface area contributed by atoms with Gasteiger partial charge in [-0.05, 0) is 41.7 Å². The van der Waals surface area contributed by atoms with Gasteiger partial charge >= 0.3 is 0 Å². The van der Waals surface area contributed by atoms with Gasteiger partial charge in [-0.15, -0.1) is 0 Å². The molecule has 0 spiro atoms. The van der Waals surface area contributed by atoms with Crippen LogP contribution in [0.15, 0.2) is 48.5 Å². The largest absolute Gasteiger partial charge is 0.394 e. The smallest absolute Gasteiger partial charge is 0.253 e. The maximum Gasteiger partial charge on any atom is 0.253 e. The van der Waals surface area contributed by atoms with Gasteiger partial charge in [0.2, 0.25) is 5.91 Å². The minimum absolute atomic E-state index is 0.0100. The lowest BCUT2D eigenvalue weighted by Gasteiger charge is -2.53. The molecule has 1 saturated heterocycles. The fraction of sp³-hybridized carbons (Fsp3) is 0.400. The second kappa shape index (κ2) is 8.52. The number of aliphatic hydroxyl groups is 1. The number of amides is 2. The van der Waals surface area contributed by atoms with Crippen molar-refractivity contribution in [2.45, 2.75) is 37.3 Å². The van der Waals surface area contributed by atoms with Crippen LogP contribution in [0.1, 0.15) is 41.1 Å². The van der Waals surface area contributed by atoms with Crippen molar-refractivity contribution in [1.82, 2.24) is 9.80 Å². The van der Waals surface area contributed by atoms with Crippen LogP contribution in [0.25, 0.3) is 11.1 Å². The van der Waals surface area contributed by atoms with Crippen LogP contribution in [-0.4, -0.2) is 59.5 Å². The Hall–Kier alpha value is -3.17. The van der Waals surface area contributed by atoms with Crippen molar-refractivity contribution in [3.8, 4) is 17.2 Å². The number of aliphatic hydroxyl groups excluding tert-OH is 1. The fourth-order valence-electron chi connectivity index (χ4n) is 4.68. The number of nitriles is 1. The van der Waals surface area contributed by atoms with E-state index >= 15 is 0 Å². The molecule has 2 aromatic rings. The van der Waals surface area contributed by atoms with Crippen LogP contribution < -0.4 is 0 Å². The third-order valence-corrected chi connectivity index (χ3v) is 6.59. The molecular formula is C25H27N3O3. The Morgan fingerprint density at radius 3 is 2.52 bits per heavy atom. The lowest BCUT2D eigenvalue weighted by molar-refractivity contribution is -0.154. The Morgan fingerprint density at radius 2 is 1.90 bits per heavy atom. The molecule has 31 heavy (non-hydrogen) atoms. The number of carbonyl (C=O) groups excluding carboxylic acids is 2. The van der Waals surface area contributed by atoms with Gasteiger partial charge < -0.3 is 14.9 Å². The van der Waals surface area contributed by atoms with E-state index < -0.39 is 12.1 Å². The monoisotopic (exact) mass is 417 g/mol. The van der Waals surface area contributed by atoms with Gasteiger partial charge in [-0.3, -0.25) is 9.59 Å². The summed E-state index contributed by atoms with van der Waals surface area (Å²) in [5.74, 6) is -0.384. The first kappa shape index (κ1) is 21.1. The minimum Gasteiger partial charge on any atom is -0.394 e. The average molecular weight is 418 g/mol. The fourth-order valence-corrected chi connectivity index (χ4v) is 4.68. The first-order chi connectivity index (χ1) is 15.0. The molecule has 0 unspecified atom stereocenters. The summed E-state index contributed by atoms with van der Waals surface area (Å²) in [6.45, 7) is -0.186. The van der Waals surface area contributed by atoms with Gasteiger partial charge in [0.05, 0.1) is 18.7 Å². The zero-order chi connectivity index (χ0) is 22.1. The van der Waals surface area contributed by atoms with Crippen LogP contribution in [0.5, 0.6) is 0 Å². The summed E-state index contributed by atoms with van der Waals surface area (Å²) < 4.78 is 0. The number of carbonyl (C=O) groups is 2. The molecule has 160 valence electrons. The molecule has 1 N–H and O–H groups in total. The molecule has 0 aromatic heterocycles. The zero-order valence-corrected chi connectivity index (χ0v) is 17.9. The highest BCUT2D eigenvalue weighted by atomic mass is 16.3.